The maximum Gasteiger partial charge on any atom is 0.306 e. The van der Waals surface area contributed by atoms with Crippen LogP contribution in [-0.2, 0) is 27.3 Å². The molecule has 1 fully saturated rings. The molecule has 34 heavy (non-hydrogen) atoms. The lowest BCUT2D eigenvalue weighted by molar-refractivity contribution is -0.163. The zero-order chi connectivity index (χ0) is 23.6. The van der Waals surface area contributed by atoms with E-state index in [1.165, 1.54) is 0 Å². The van der Waals surface area contributed by atoms with Crippen molar-refractivity contribution >= 4 is 5.97 Å². The minimum Gasteiger partial charge on any atom is -0.489 e. The van der Waals surface area contributed by atoms with E-state index >= 15 is 0 Å². The maximum absolute atomic E-state index is 12.5. The highest BCUT2D eigenvalue weighted by atomic mass is 16.6. The van der Waals surface area contributed by atoms with Gasteiger partial charge in [0.05, 0.1) is 6.10 Å². The number of aryl methyl sites for hydroxylation is 1. The lowest BCUT2D eigenvalue weighted by Crippen LogP contribution is -2.37. The Balaban J connectivity index is 1.31. The van der Waals surface area contributed by atoms with Gasteiger partial charge in [-0.25, -0.2) is 0 Å². The van der Waals surface area contributed by atoms with Crippen LogP contribution in [0, 0.1) is 0 Å². The number of ether oxygens (including phenoxy) is 4. The summed E-state index contributed by atoms with van der Waals surface area (Å²) in [6.07, 6.45) is 3.41. The number of hydrogen-bond donors (Lipinski definition) is 0. The van der Waals surface area contributed by atoms with Gasteiger partial charge in [-0.15, -0.1) is 0 Å². The summed E-state index contributed by atoms with van der Waals surface area (Å²) in [5.74, 6) is 2.15. The molecule has 1 aliphatic heterocycles. The first-order chi connectivity index (χ1) is 16.7. The van der Waals surface area contributed by atoms with Gasteiger partial charge in [-0.3, -0.25) is 4.79 Å². The van der Waals surface area contributed by atoms with Crippen molar-refractivity contribution in [2.75, 3.05) is 6.61 Å². The lowest BCUT2D eigenvalue weighted by atomic mass is 10.0. The predicted molar refractivity (Wildman–Crippen MR) is 131 cm³/mol. The molecule has 0 radical (unpaired) electrons. The molecule has 0 aromatic heterocycles. The van der Waals surface area contributed by atoms with Crippen molar-refractivity contribution in [1.82, 2.24) is 0 Å². The van der Waals surface area contributed by atoms with Crippen molar-refractivity contribution in [3.8, 4) is 17.2 Å². The Bertz CT molecular complexity index is 1050. The first-order valence-electron chi connectivity index (χ1n) is 12.0. The van der Waals surface area contributed by atoms with E-state index in [2.05, 4.69) is 6.92 Å². The fourth-order valence-electron chi connectivity index (χ4n) is 4.13. The summed E-state index contributed by atoms with van der Waals surface area (Å²) in [4.78, 5) is 12.5. The highest BCUT2D eigenvalue weighted by Crippen LogP contribution is 2.25. The van der Waals surface area contributed by atoms with Crippen LogP contribution in [0.25, 0.3) is 0 Å². The molecule has 0 aliphatic carbocycles. The van der Waals surface area contributed by atoms with Crippen molar-refractivity contribution in [3.05, 3.63) is 90.0 Å². The van der Waals surface area contributed by atoms with Crippen LogP contribution in [0.2, 0.25) is 0 Å². The van der Waals surface area contributed by atoms with Gasteiger partial charge in [0.25, 0.3) is 0 Å². The molecule has 0 saturated carbocycles. The summed E-state index contributed by atoms with van der Waals surface area (Å²) in [7, 11) is 0. The zero-order valence-electron chi connectivity index (χ0n) is 19.7. The second kappa shape index (κ2) is 12.2. The molecule has 178 valence electrons. The molecule has 3 aromatic carbocycles. The van der Waals surface area contributed by atoms with Gasteiger partial charge in [0.1, 0.15) is 30.0 Å². The fourth-order valence-corrected chi connectivity index (χ4v) is 4.13. The molecule has 0 spiro atoms. The van der Waals surface area contributed by atoms with Gasteiger partial charge in [0, 0.05) is 13.0 Å². The first kappa shape index (κ1) is 23.8. The van der Waals surface area contributed by atoms with E-state index < -0.39 is 0 Å². The molecular formula is C29H32O5. The molecule has 0 amide bonds. The van der Waals surface area contributed by atoms with Gasteiger partial charge in [0.2, 0.25) is 0 Å². The van der Waals surface area contributed by atoms with Crippen LogP contribution < -0.4 is 9.47 Å². The van der Waals surface area contributed by atoms with E-state index in [1.54, 1.807) is 0 Å². The average molecular weight is 461 g/mol. The number of esters is 1. The Morgan fingerprint density at radius 2 is 1.76 bits per heavy atom. The van der Waals surface area contributed by atoms with Crippen molar-refractivity contribution in [2.45, 2.75) is 57.8 Å². The van der Waals surface area contributed by atoms with Gasteiger partial charge in [-0.2, -0.15) is 0 Å². The van der Waals surface area contributed by atoms with Gasteiger partial charge in [-0.1, -0.05) is 55.5 Å². The third kappa shape index (κ3) is 6.84. The summed E-state index contributed by atoms with van der Waals surface area (Å²) in [6.45, 7) is 3.22. The number of carbonyl (C=O) groups excluding carboxylic acids is 1. The normalized spacial score (nSPS) is 17.7. The summed E-state index contributed by atoms with van der Waals surface area (Å²) in [5, 5.41) is 0. The van der Waals surface area contributed by atoms with E-state index in [9.17, 15) is 4.79 Å². The quantitative estimate of drug-likeness (QED) is 0.324. The van der Waals surface area contributed by atoms with E-state index in [1.807, 2.05) is 78.9 Å². The summed E-state index contributed by atoms with van der Waals surface area (Å²) in [5.41, 5.74) is 1.99. The minimum absolute atomic E-state index is 0.00922. The molecule has 5 nitrogen and oxygen atoms in total. The van der Waals surface area contributed by atoms with Gasteiger partial charge < -0.3 is 18.9 Å². The number of hydrogen-bond acceptors (Lipinski definition) is 5. The van der Waals surface area contributed by atoms with Gasteiger partial charge in [-0.05, 0) is 67.1 Å². The molecule has 1 aliphatic rings. The van der Waals surface area contributed by atoms with Gasteiger partial charge in [0.15, 0.2) is 0 Å². The Kier molecular flexibility index (Phi) is 8.58. The number of rotatable bonds is 10. The molecule has 0 bridgehead atoms. The predicted octanol–water partition coefficient (Wildman–Crippen LogP) is 6.49. The van der Waals surface area contributed by atoms with Crippen molar-refractivity contribution in [2.24, 2.45) is 0 Å². The highest BCUT2D eigenvalue weighted by molar-refractivity contribution is 5.70. The van der Waals surface area contributed by atoms with E-state index in [4.69, 9.17) is 18.9 Å². The number of benzene rings is 3. The second-order valence-corrected chi connectivity index (χ2v) is 8.45. The van der Waals surface area contributed by atoms with Crippen LogP contribution in [0.4, 0.5) is 0 Å². The van der Waals surface area contributed by atoms with Crippen LogP contribution in [0.15, 0.2) is 78.9 Å². The molecule has 0 N–H and O–H groups in total. The Labute approximate surface area is 201 Å². The van der Waals surface area contributed by atoms with Crippen molar-refractivity contribution in [1.29, 1.82) is 0 Å². The topological polar surface area (TPSA) is 54.0 Å². The third-order valence-corrected chi connectivity index (χ3v) is 5.91. The number of carbonyl (C=O) groups is 1. The third-order valence-electron chi connectivity index (χ3n) is 5.91. The minimum atomic E-state index is -0.186. The maximum atomic E-state index is 12.5. The summed E-state index contributed by atoms with van der Waals surface area (Å²) in [6, 6.07) is 25.4. The lowest BCUT2D eigenvalue weighted by Gasteiger charge is -2.30. The second-order valence-electron chi connectivity index (χ2n) is 8.45. The molecule has 4 rings (SSSR count). The van der Waals surface area contributed by atoms with Gasteiger partial charge >= 0.3 is 5.97 Å². The van der Waals surface area contributed by atoms with Crippen LogP contribution in [0.1, 0.15) is 43.7 Å². The molecular weight excluding hydrogens is 428 g/mol. The van der Waals surface area contributed by atoms with E-state index in [0.29, 0.717) is 19.4 Å². The molecule has 2 atom stereocenters. The largest absolute Gasteiger partial charge is 0.489 e. The molecule has 0 unspecified atom stereocenters. The standard InChI is InChI=1S/C29H32O5/c1-2-26-28(16-9-19-31-26)34-29(30)18-17-23-11-6-7-15-27(23)32-21-22-10-8-14-25(20-22)33-24-12-4-3-5-13-24/h3-8,10-15,20,26,28H,2,9,16-19,21H2,1H3/t26-,28+/m1/s1. The van der Waals surface area contributed by atoms with Crippen LogP contribution >= 0.6 is 0 Å². The van der Waals surface area contributed by atoms with Crippen LogP contribution in [0.5, 0.6) is 17.2 Å². The Hall–Kier alpha value is -3.31. The molecule has 1 saturated heterocycles. The molecule has 3 aromatic rings. The number of para-hydroxylation sites is 2. The SMILES string of the molecule is CC[C@H]1OCCC[C@@H]1OC(=O)CCc1ccccc1OCc1cccc(Oc2ccccc2)c1. The summed E-state index contributed by atoms with van der Waals surface area (Å²) < 4.78 is 23.5. The Morgan fingerprint density at radius 3 is 2.62 bits per heavy atom. The highest BCUT2D eigenvalue weighted by Gasteiger charge is 2.27. The van der Waals surface area contributed by atoms with Crippen LogP contribution in [-0.4, -0.2) is 24.8 Å². The summed E-state index contributed by atoms with van der Waals surface area (Å²) >= 11 is 0. The molecule has 1 heterocycles. The molecule has 5 heteroatoms. The van der Waals surface area contributed by atoms with Crippen LogP contribution in [0.3, 0.4) is 0 Å². The van der Waals surface area contributed by atoms with E-state index in [0.717, 1.165) is 54.2 Å². The van der Waals surface area contributed by atoms with E-state index in [-0.39, 0.29) is 18.2 Å². The first-order valence-corrected chi connectivity index (χ1v) is 12.0. The average Bonchev–Trinajstić information content (AvgIpc) is 2.88. The fraction of sp³-hybridized carbons (Fsp3) is 0.345. The van der Waals surface area contributed by atoms with Crippen molar-refractivity contribution in [3.63, 3.8) is 0 Å². The Morgan fingerprint density at radius 1 is 0.971 bits per heavy atom. The zero-order valence-corrected chi connectivity index (χ0v) is 19.7. The smallest absolute Gasteiger partial charge is 0.306 e. The monoisotopic (exact) mass is 460 g/mol. The van der Waals surface area contributed by atoms with Crippen molar-refractivity contribution < 1.29 is 23.7 Å².